The number of anilines is 2. The predicted molar refractivity (Wildman–Crippen MR) is 84.4 cm³/mol. The molecule has 0 aliphatic carbocycles. The highest BCUT2D eigenvalue weighted by Crippen LogP contribution is 2.25. The Bertz CT molecular complexity index is 654. The van der Waals surface area contributed by atoms with Crippen LogP contribution in [0, 0.1) is 13.8 Å². The van der Waals surface area contributed by atoms with Crippen molar-refractivity contribution < 1.29 is 9.53 Å². The molecule has 1 aromatic heterocycles. The Kier molecular flexibility index (Phi) is 4.81. The summed E-state index contributed by atoms with van der Waals surface area (Å²) < 4.78 is 5.11. The summed E-state index contributed by atoms with van der Waals surface area (Å²) in [5.74, 6) is -0.376. The van der Waals surface area contributed by atoms with Gasteiger partial charge in [-0.1, -0.05) is 11.6 Å². The number of rotatable bonds is 4. The number of ether oxygens (including phenoxy) is 1. The first kappa shape index (κ1) is 15.3. The topological polar surface area (TPSA) is 51.2 Å². The molecule has 0 atom stereocenters. The Labute approximate surface area is 129 Å². The Morgan fingerprint density at radius 3 is 2.57 bits per heavy atom. The van der Waals surface area contributed by atoms with Crippen LogP contribution in [0.4, 0.5) is 11.4 Å². The zero-order chi connectivity index (χ0) is 15.4. The number of aryl methyl sites for hydroxylation is 2. The minimum Gasteiger partial charge on any atom is -0.462 e. The summed E-state index contributed by atoms with van der Waals surface area (Å²) in [5, 5.41) is 3.88. The second-order valence-corrected chi connectivity index (χ2v) is 5.06. The normalized spacial score (nSPS) is 10.3. The molecule has 4 nitrogen and oxygen atoms in total. The van der Waals surface area contributed by atoms with E-state index < -0.39 is 0 Å². The van der Waals surface area contributed by atoms with Gasteiger partial charge in [-0.05, 0) is 51.1 Å². The lowest BCUT2D eigenvalue weighted by Crippen LogP contribution is -2.12. The van der Waals surface area contributed by atoms with Crippen molar-refractivity contribution >= 4 is 28.9 Å². The van der Waals surface area contributed by atoms with Gasteiger partial charge >= 0.3 is 5.97 Å². The van der Waals surface area contributed by atoms with Crippen LogP contribution in [-0.4, -0.2) is 17.6 Å². The van der Waals surface area contributed by atoms with Crippen molar-refractivity contribution in [1.82, 2.24) is 4.98 Å². The summed E-state index contributed by atoms with van der Waals surface area (Å²) in [6.45, 7) is 5.79. The van der Waals surface area contributed by atoms with Crippen molar-refractivity contribution in [1.29, 1.82) is 0 Å². The SMILES string of the molecule is CCOC(=O)c1c(Nc2ccc(Cl)cc2)cc(C)nc1C. The van der Waals surface area contributed by atoms with Crippen LogP contribution in [0.25, 0.3) is 0 Å². The van der Waals surface area contributed by atoms with Crippen LogP contribution in [0.15, 0.2) is 30.3 Å². The standard InChI is InChI=1S/C16H17ClN2O2/c1-4-21-16(20)15-11(3)18-10(2)9-14(15)19-13-7-5-12(17)6-8-13/h5-9H,4H2,1-3H3,(H,18,19). The summed E-state index contributed by atoms with van der Waals surface area (Å²) in [4.78, 5) is 16.4. The van der Waals surface area contributed by atoms with Crippen molar-refractivity contribution in [3.8, 4) is 0 Å². The molecule has 0 spiro atoms. The van der Waals surface area contributed by atoms with E-state index in [1.165, 1.54) is 0 Å². The van der Waals surface area contributed by atoms with Crippen LogP contribution in [0.1, 0.15) is 28.7 Å². The Balaban J connectivity index is 2.41. The van der Waals surface area contributed by atoms with E-state index in [9.17, 15) is 4.79 Å². The van der Waals surface area contributed by atoms with Crippen molar-refractivity contribution in [2.45, 2.75) is 20.8 Å². The van der Waals surface area contributed by atoms with Crippen LogP contribution in [0.5, 0.6) is 0 Å². The zero-order valence-corrected chi connectivity index (χ0v) is 13.0. The number of hydrogen-bond donors (Lipinski definition) is 1. The summed E-state index contributed by atoms with van der Waals surface area (Å²) in [5.41, 5.74) is 3.45. The third-order valence-corrected chi connectivity index (χ3v) is 3.18. The minimum atomic E-state index is -0.376. The molecule has 21 heavy (non-hydrogen) atoms. The number of nitrogens with one attached hydrogen (secondary N) is 1. The highest BCUT2D eigenvalue weighted by Gasteiger charge is 2.17. The average Bonchev–Trinajstić information content (AvgIpc) is 2.41. The lowest BCUT2D eigenvalue weighted by atomic mass is 10.1. The van der Waals surface area contributed by atoms with Crippen molar-refractivity contribution in [3.63, 3.8) is 0 Å². The van der Waals surface area contributed by atoms with Crippen LogP contribution in [0.2, 0.25) is 5.02 Å². The molecule has 2 rings (SSSR count). The summed E-state index contributed by atoms with van der Waals surface area (Å²) in [6.07, 6.45) is 0. The van der Waals surface area contributed by atoms with E-state index in [-0.39, 0.29) is 5.97 Å². The predicted octanol–water partition coefficient (Wildman–Crippen LogP) is 4.27. The van der Waals surface area contributed by atoms with Crippen LogP contribution in [0.3, 0.4) is 0 Å². The van der Waals surface area contributed by atoms with Gasteiger partial charge in [-0.25, -0.2) is 4.79 Å². The van der Waals surface area contributed by atoms with E-state index in [0.717, 1.165) is 11.4 Å². The van der Waals surface area contributed by atoms with E-state index in [1.807, 2.05) is 25.1 Å². The summed E-state index contributed by atoms with van der Waals surface area (Å²) in [6, 6.07) is 9.10. The second-order valence-electron chi connectivity index (χ2n) is 4.62. The summed E-state index contributed by atoms with van der Waals surface area (Å²) in [7, 11) is 0. The Hall–Kier alpha value is -2.07. The molecule has 0 saturated carbocycles. The molecular formula is C16H17ClN2O2. The lowest BCUT2D eigenvalue weighted by Gasteiger charge is -2.14. The first-order valence-electron chi connectivity index (χ1n) is 6.69. The van der Waals surface area contributed by atoms with Crippen LogP contribution >= 0.6 is 11.6 Å². The van der Waals surface area contributed by atoms with E-state index >= 15 is 0 Å². The number of carbonyl (C=O) groups is 1. The van der Waals surface area contributed by atoms with E-state index in [0.29, 0.717) is 28.6 Å². The fourth-order valence-corrected chi connectivity index (χ4v) is 2.20. The van der Waals surface area contributed by atoms with Crippen LogP contribution < -0.4 is 5.32 Å². The minimum absolute atomic E-state index is 0.326. The number of carbonyl (C=O) groups excluding carboxylic acids is 1. The zero-order valence-electron chi connectivity index (χ0n) is 12.2. The van der Waals surface area contributed by atoms with Crippen molar-refractivity contribution in [3.05, 3.63) is 52.3 Å². The number of nitrogens with zero attached hydrogens (tertiary/aromatic N) is 1. The number of benzene rings is 1. The van der Waals surface area contributed by atoms with Gasteiger partial charge in [0.2, 0.25) is 0 Å². The average molecular weight is 305 g/mol. The number of aromatic nitrogens is 1. The molecule has 0 amide bonds. The molecule has 2 aromatic rings. The fourth-order valence-electron chi connectivity index (χ4n) is 2.08. The van der Waals surface area contributed by atoms with Crippen molar-refractivity contribution in [2.24, 2.45) is 0 Å². The second kappa shape index (κ2) is 6.59. The molecule has 0 fully saturated rings. The first-order valence-corrected chi connectivity index (χ1v) is 7.07. The maximum absolute atomic E-state index is 12.1. The van der Waals surface area contributed by atoms with Gasteiger partial charge in [0.25, 0.3) is 0 Å². The number of halogens is 1. The van der Waals surface area contributed by atoms with Gasteiger partial charge in [0.15, 0.2) is 0 Å². The van der Waals surface area contributed by atoms with Gasteiger partial charge in [0.05, 0.1) is 18.0 Å². The van der Waals surface area contributed by atoms with Gasteiger partial charge in [-0.3, -0.25) is 4.98 Å². The fraction of sp³-hybridized carbons (Fsp3) is 0.250. The monoisotopic (exact) mass is 304 g/mol. The molecular weight excluding hydrogens is 288 g/mol. The number of esters is 1. The van der Waals surface area contributed by atoms with Gasteiger partial charge in [-0.2, -0.15) is 0 Å². The highest BCUT2D eigenvalue weighted by molar-refractivity contribution is 6.30. The molecule has 0 aliphatic rings. The van der Waals surface area contributed by atoms with E-state index in [4.69, 9.17) is 16.3 Å². The first-order chi connectivity index (χ1) is 10.0. The largest absolute Gasteiger partial charge is 0.462 e. The molecule has 0 bridgehead atoms. The van der Waals surface area contributed by atoms with E-state index in [1.54, 1.807) is 26.0 Å². The molecule has 1 N–H and O–H groups in total. The third-order valence-electron chi connectivity index (χ3n) is 2.93. The van der Waals surface area contributed by atoms with Crippen LogP contribution in [-0.2, 0) is 4.74 Å². The Morgan fingerprint density at radius 1 is 1.29 bits per heavy atom. The molecule has 1 aromatic carbocycles. The maximum Gasteiger partial charge on any atom is 0.342 e. The third kappa shape index (κ3) is 3.73. The molecule has 0 unspecified atom stereocenters. The molecule has 5 heteroatoms. The Morgan fingerprint density at radius 2 is 1.95 bits per heavy atom. The van der Waals surface area contributed by atoms with Gasteiger partial charge in [0.1, 0.15) is 5.56 Å². The number of pyridine rings is 1. The van der Waals surface area contributed by atoms with Crippen molar-refractivity contribution in [2.75, 3.05) is 11.9 Å². The van der Waals surface area contributed by atoms with Gasteiger partial charge in [-0.15, -0.1) is 0 Å². The maximum atomic E-state index is 12.1. The van der Waals surface area contributed by atoms with E-state index in [2.05, 4.69) is 10.3 Å². The molecule has 0 saturated heterocycles. The number of hydrogen-bond acceptors (Lipinski definition) is 4. The molecule has 110 valence electrons. The quantitative estimate of drug-likeness (QED) is 0.857. The summed E-state index contributed by atoms with van der Waals surface area (Å²) >= 11 is 5.88. The van der Waals surface area contributed by atoms with Gasteiger partial charge in [0, 0.05) is 16.4 Å². The molecule has 0 aliphatic heterocycles. The lowest BCUT2D eigenvalue weighted by molar-refractivity contribution is 0.0526. The molecule has 1 heterocycles. The molecule has 0 radical (unpaired) electrons. The highest BCUT2D eigenvalue weighted by atomic mass is 35.5. The van der Waals surface area contributed by atoms with Gasteiger partial charge < -0.3 is 10.1 Å². The smallest absolute Gasteiger partial charge is 0.342 e.